The van der Waals surface area contributed by atoms with Gasteiger partial charge in [-0.1, -0.05) is 36.7 Å². The van der Waals surface area contributed by atoms with Crippen molar-refractivity contribution >= 4 is 17.5 Å². The summed E-state index contributed by atoms with van der Waals surface area (Å²) in [6.45, 7) is 5.83. The SMILES string of the molecule is Cc1noc(C(C)C)c1C(=O)NCc1ccc(F)c(Cl)c1. The zero-order valence-electron chi connectivity index (χ0n) is 12.0. The van der Waals surface area contributed by atoms with Crippen LogP contribution in [-0.2, 0) is 6.54 Å². The van der Waals surface area contributed by atoms with Crippen molar-refractivity contribution in [1.29, 1.82) is 0 Å². The van der Waals surface area contributed by atoms with Gasteiger partial charge >= 0.3 is 0 Å². The number of hydrogen-bond donors (Lipinski definition) is 1. The molecule has 1 N–H and O–H groups in total. The van der Waals surface area contributed by atoms with Gasteiger partial charge in [0, 0.05) is 12.5 Å². The van der Waals surface area contributed by atoms with Crippen LogP contribution in [0.1, 0.15) is 47.1 Å². The van der Waals surface area contributed by atoms with Gasteiger partial charge in [0.25, 0.3) is 5.91 Å². The maximum absolute atomic E-state index is 13.1. The third-order valence-corrected chi connectivity index (χ3v) is 3.37. The van der Waals surface area contributed by atoms with Crippen LogP contribution in [-0.4, -0.2) is 11.1 Å². The van der Waals surface area contributed by atoms with Crippen molar-refractivity contribution in [2.45, 2.75) is 33.2 Å². The minimum absolute atomic E-state index is 0.0331. The molecule has 0 fully saturated rings. The summed E-state index contributed by atoms with van der Waals surface area (Å²) in [6, 6.07) is 4.33. The monoisotopic (exact) mass is 310 g/mol. The first-order valence-corrected chi connectivity index (χ1v) is 6.96. The Balaban J connectivity index is 2.12. The smallest absolute Gasteiger partial charge is 0.257 e. The molecule has 0 aliphatic rings. The number of nitrogens with one attached hydrogen (secondary N) is 1. The van der Waals surface area contributed by atoms with Gasteiger partial charge in [-0.3, -0.25) is 4.79 Å². The first kappa shape index (κ1) is 15.5. The van der Waals surface area contributed by atoms with Crippen molar-refractivity contribution in [1.82, 2.24) is 10.5 Å². The summed E-state index contributed by atoms with van der Waals surface area (Å²) in [5.74, 6) is -0.129. The Kier molecular flexibility index (Phi) is 4.63. The summed E-state index contributed by atoms with van der Waals surface area (Å²) in [6.07, 6.45) is 0. The van der Waals surface area contributed by atoms with Crippen LogP contribution in [0.4, 0.5) is 4.39 Å². The van der Waals surface area contributed by atoms with Crippen LogP contribution in [0, 0.1) is 12.7 Å². The van der Waals surface area contributed by atoms with Crippen molar-refractivity contribution in [3.05, 3.63) is 51.6 Å². The fourth-order valence-corrected chi connectivity index (χ4v) is 2.18. The number of hydrogen-bond acceptors (Lipinski definition) is 3. The molecule has 1 aromatic carbocycles. The molecule has 0 saturated carbocycles. The molecule has 0 atom stereocenters. The highest BCUT2D eigenvalue weighted by molar-refractivity contribution is 6.30. The number of rotatable bonds is 4. The van der Waals surface area contributed by atoms with E-state index in [1.807, 2.05) is 13.8 Å². The molecule has 0 bridgehead atoms. The molecule has 21 heavy (non-hydrogen) atoms. The first-order valence-electron chi connectivity index (χ1n) is 6.58. The predicted octanol–water partition coefficient (Wildman–Crippen LogP) is 3.83. The fraction of sp³-hybridized carbons (Fsp3) is 0.333. The molecule has 0 spiro atoms. The Labute approximate surface area is 127 Å². The lowest BCUT2D eigenvalue weighted by atomic mass is 10.0. The fourth-order valence-electron chi connectivity index (χ4n) is 1.98. The van der Waals surface area contributed by atoms with Crippen LogP contribution in [0.2, 0.25) is 5.02 Å². The van der Waals surface area contributed by atoms with Gasteiger partial charge in [0.1, 0.15) is 11.4 Å². The molecule has 0 saturated heterocycles. The lowest BCUT2D eigenvalue weighted by molar-refractivity contribution is 0.0948. The molecule has 0 aliphatic carbocycles. The molecule has 4 nitrogen and oxygen atoms in total. The van der Waals surface area contributed by atoms with E-state index in [2.05, 4.69) is 10.5 Å². The maximum Gasteiger partial charge on any atom is 0.257 e. The Morgan fingerprint density at radius 1 is 1.48 bits per heavy atom. The standard InChI is InChI=1S/C15H16ClFN2O2/c1-8(2)14-13(9(3)19-21-14)15(20)18-7-10-4-5-12(17)11(16)6-10/h4-6,8H,7H2,1-3H3,(H,18,20). The number of benzene rings is 1. The van der Waals surface area contributed by atoms with Crippen LogP contribution in [0.3, 0.4) is 0 Å². The molecule has 0 unspecified atom stereocenters. The van der Waals surface area contributed by atoms with Crippen molar-refractivity contribution in [2.75, 3.05) is 0 Å². The lowest BCUT2D eigenvalue weighted by Gasteiger charge is -2.07. The largest absolute Gasteiger partial charge is 0.360 e. The second kappa shape index (κ2) is 6.26. The Hall–Kier alpha value is -1.88. The summed E-state index contributed by atoms with van der Waals surface area (Å²) in [5, 5.41) is 6.63. The number of nitrogens with zero attached hydrogens (tertiary/aromatic N) is 1. The summed E-state index contributed by atoms with van der Waals surface area (Å²) in [5.41, 5.74) is 1.72. The number of aromatic nitrogens is 1. The summed E-state index contributed by atoms with van der Waals surface area (Å²) in [7, 11) is 0. The van der Waals surface area contributed by atoms with E-state index in [0.717, 1.165) is 5.56 Å². The Bertz CT molecular complexity index is 668. The van der Waals surface area contributed by atoms with Crippen LogP contribution in [0.5, 0.6) is 0 Å². The molecule has 112 valence electrons. The zero-order valence-corrected chi connectivity index (χ0v) is 12.8. The van der Waals surface area contributed by atoms with Gasteiger partial charge in [-0.25, -0.2) is 4.39 Å². The van der Waals surface area contributed by atoms with Crippen molar-refractivity contribution in [3.63, 3.8) is 0 Å². The highest BCUT2D eigenvalue weighted by atomic mass is 35.5. The van der Waals surface area contributed by atoms with E-state index < -0.39 is 5.82 Å². The van der Waals surface area contributed by atoms with Gasteiger partial charge in [0.05, 0.1) is 10.7 Å². The van der Waals surface area contributed by atoms with E-state index >= 15 is 0 Å². The van der Waals surface area contributed by atoms with Crippen LogP contribution < -0.4 is 5.32 Å². The van der Waals surface area contributed by atoms with Crippen LogP contribution in [0.15, 0.2) is 22.7 Å². The number of halogens is 2. The van der Waals surface area contributed by atoms with Gasteiger partial charge in [-0.15, -0.1) is 0 Å². The zero-order chi connectivity index (χ0) is 15.6. The van der Waals surface area contributed by atoms with E-state index in [4.69, 9.17) is 16.1 Å². The van der Waals surface area contributed by atoms with Crippen LogP contribution in [0.25, 0.3) is 0 Å². The van der Waals surface area contributed by atoms with Crippen LogP contribution >= 0.6 is 11.6 Å². The average Bonchev–Trinajstić information content (AvgIpc) is 2.82. The van der Waals surface area contributed by atoms with E-state index in [-0.39, 0.29) is 23.4 Å². The molecule has 1 amide bonds. The molecule has 1 heterocycles. The van der Waals surface area contributed by atoms with E-state index in [0.29, 0.717) is 17.0 Å². The maximum atomic E-state index is 13.1. The first-order chi connectivity index (χ1) is 9.90. The molecule has 2 rings (SSSR count). The normalized spacial score (nSPS) is 11.0. The number of carbonyl (C=O) groups is 1. The molecular weight excluding hydrogens is 295 g/mol. The number of carbonyl (C=O) groups excluding carboxylic acids is 1. The third-order valence-electron chi connectivity index (χ3n) is 3.08. The second-order valence-corrected chi connectivity index (χ2v) is 5.50. The molecule has 1 aromatic heterocycles. The van der Waals surface area contributed by atoms with E-state index in [1.165, 1.54) is 12.1 Å². The van der Waals surface area contributed by atoms with Gasteiger partial charge < -0.3 is 9.84 Å². The quantitative estimate of drug-likeness (QED) is 0.933. The Morgan fingerprint density at radius 2 is 2.19 bits per heavy atom. The lowest BCUT2D eigenvalue weighted by Crippen LogP contribution is -2.24. The molecular formula is C15H16ClFN2O2. The summed E-state index contributed by atoms with van der Waals surface area (Å²) in [4.78, 5) is 12.3. The van der Waals surface area contributed by atoms with E-state index in [9.17, 15) is 9.18 Å². The van der Waals surface area contributed by atoms with Crippen molar-refractivity contribution < 1.29 is 13.7 Å². The highest BCUT2D eigenvalue weighted by Gasteiger charge is 2.22. The molecule has 0 aliphatic heterocycles. The molecule has 6 heteroatoms. The second-order valence-electron chi connectivity index (χ2n) is 5.09. The van der Waals surface area contributed by atoms with E-state index in [1.54, 1.807) is 13.0 Å². The Morgan fingerprint density at radius 3 is 2.81 bits per heavy atom. The highest BCUT2D eigenvalue weighted by Crippen LogP contribution is 2.22. The third kappa shape index (κ3) is 3.42. The minimum Gasteiger partial charge on any atom is -0.360 e. The molecule has 0 radical (unpaired) electrons. The van der Waals surface area contributed by atoms with Gasteiger partial charge in [0.2, 0.25) is 0 Å². The van der Waals surface area contributed by atoms with Gasteiger partial charge in [-0.2, -0.15) is 0 Å². The summed E-state index contributed by atoms with van der Waals surface area (Å²) < 4.78 is 18.3. The van der Waals surface area contributed by atoms with Crippen molar-refractivity contribution in [3.8, 4) is 0 Å². The van der Waals surface area contributed by atoms with Gasteiger partial charge in [0.15, 0.2) is 5.76 Å². The minimum atomic E-state index is -0.483. The summed E-state index contributed by atoms with van der Waals surface area (Å²) >= 11 is 5.71. The van der Waals surface area contributed by atoms with Gasteiger partial charge in [-0.05, 0) is 24.6 Å². The average molecular weight is 311 g/mol. The predicted molar refractivity (Wildman–Crippen MR) is 77.9 cm³/mol. The van der Waals surface area contributed by atoms with Crippen molar-refractivity contribution in [2.24, 2.45) is 0 Å². The number of amides is 1. The molecule has 2 aromatic rings. The topological polar surface area (TPSA) is 55.1 Å². The number of aryl methyl sites for hydroxylation is 1.